The summed E-state index contributed by atoms with van der Waals surface area (Å²) in [6, 6.07) is 3.82. The van der Waals surface area contributed by atoms with Crippen molar-refractivity contribution in [3.8, 4) is 5.75 Å². The maximum atomic E-state index is 5.95. The van der Waals surface area contributed by atoms with Crippen molar-refractivity contribution in [3.63, 3.8) is 0 Å². The fourth-order valence-electron chi connectivity index (χ4n) is 2.53. The molecule has 1 saturated heterocycles. The molecule has 3 atom stereocenters. The van der Waals surface area contributed by atoms with Crippen LogP contribution in [-0.4, -0.2) is 23.0 Å². The smallest absolute Gasteiger partial charge is 0.164 e. The van der Waals surface area contributed by atoms with Crippen molar-refractivity contribution >= 4 is 0 Å². The summed E-state index contributed by atoms with van der Waals surface area (Å²) in [5.41, 5.74) is 0.854. The van der Waals surface area contributed by atoms with Gasteiger partial charge in [0.1, 0.15) is 29.8 Å². The second-order valence-electron chi connectivity index (χ2n) is 4.97. The lowest BCUT2D eigenvalue weighted by atomic mass is 9.99. The van der Waals surface area contributed by atoms with Crippen molar-refractivity contribution in [3.05, 3.63) is 24.0 Å². The fraction of sp³-hybridized carbons (Fsp3) is 0.615. The molecule has 4 heteroatoms. The van der Waals surface area contributed by atoms with E-state index in [0.29, 0.717) is 0 Å². The van der Waals surface area contributed by atoms with E-state index >= 15 is 0 Å². The molecular weight excluding hydrogens is 218 g/mol. The van der Waals surface area contributed by atoms with Crippen molar-refractivity contribution in [2.75, 3.05) is 0 Å². The monoisotopic (exact) mass is 235 g/mol. The van der Waals surface area contributed by atoms with Gasteiger partial charge in [0.25, 0.3) is 0 Å². The van der Waals surface area contributed by atoms with Crippen LogP contribution in [0.3, 0.4) is 0 Å². The van der Waals surface area contributed by atoms with Crippen LogP contribution in [0.15, 0.2) is 18.3 Å². The summed E-state index contributed by atoms with van der Waals surface area (Å²) in [5, 5.41) is 0. The molecular formula is C13H17NO3. The van der Waals surface area contributed by atoms with E-state index < -0.39 is 5.79 Å². The molecule has 0 aromatic carbocycles. The van der Waals surface area contributed by atoms with E-state index in [9.17, 15) is 0 Å². The van der Waals surface area contributed by atoms with Crippen molar-refractivity contribution < 1.29 is 14.2 Å². The van der Waals surface area contributed by atoms with Crippen LogP contribution in [0.25, 0.3) is 0 Å². The molecule has 4 nitrogen and oxygen atoms in total. The van der Waals surface area contributed by atoms with E-state index in [4.69, 9.17) is 14.2 Å². The van der Waals surface area contributed by atoms with Gasteiger partial charge in [-0.2, -0.15) is 0 Å². The van der Waals surface area contributed by atoms with Crippen molar-refractivity contribution in [1.29, 1.82) is 0 Å². The van der Waals surface area contributed by atoms with Crippen LogP contribution in [0, 0.1) is 0 Å². The van der Waals surface area contributed by atoms with Crippen LogP contribution < -0.4 is 4.74 Å². The topological polar surface area (TPSA) is 40.6 Å². The molecule has 17 heavy (non-hydrogen) atoms. The van der Waals surface area contributed by atoms with Crippen molar-refractivity contribution in [2.24, 2.45) is 0 Å². The number of nitrogens with zero attached hydrogens (tertiary/aromatic N) is 1. The molecule has 0 spiro atoms. The normalized spacial score (nSPS) is 33.7. The molecule has 1 fully saturated rings. The van der Waals surface area contributed by atoms with Gasteiger partial charge in [0.15, 0.2) is 5.79 Å². The summed E-state index contributed by atoms with van der Waals surface area (Å²) in [7, 11) is 0. The maximum Gasteiger partial charge on any atom is 0.164 e. The van der Waals surface area contributed by atoms with Gasteiger partial charge >= 0.3 is 0 Å². The van der Waals surface area contributed by atoms with Gasteiger partial charge in [-0.05, 0) is 32.4 Å². The molecule has 1 aromatic heterocycles. The van der Waals surface area contributed by atoms with Crippen LogP contribution in [0.2, 0.25) is 0 Å². The highest BCUT2D eigenvalue weighted by atomic mass is 16.8. The Labute approximate surface area is 101 Å². The summed E-state index contributed by atoms with van der Waals surface area (Å²) in [6.45, 7) is 5.96. The molecule has 3 heterocycles. The highest BCUT2D eigenvalue weighted by molar-refractivity contribution is 5.33. The van der Waals surface area contributed by atoms with Gasteiger partial charge in [0.05, 0.1) is 0 Å². The molecule has 0 N–H and O–H groups in total. The Balaban J connectivity index is 2.03. The second-order valence-corrected chi connectivity index (χ2v) is 4.97. The zero-order valence-corrected chi connectivity index (χ0v) is 10.3. The minimum Gasteiger partial charge on any atom is -0.486 e. The van der Waals surface area contributed by atoms with Gasteiger partial charge in [-0.3, -0.25) is 4.98 Å². The highest BCUT2D eigenvalue weighted by Gasteiger charge is 2.50. The minimum atomic E-state index is -0.564. The molecule has 0 bridgehead atoms. The summed E-state index contributed by atoms with van der Waals surface area (Å²) in [5.74, 6) is 0.257. The van der Waals surface area contributed by atoms with Gasteiger partial charge in [0.2, 0.25) is 0 Å². The third-order valence-corrected chi connectivity index (χ3v) is 3.25. The third-order valence-electron chi connectivity index (χ3n) is 3.25. The SMILES string of the molecule is CC[C@H]1Oc2cccnc2[C@H]2OC(C)(C)O[C@H]21. The zero-order valence-electron chi connectivity index (χ0n) is 10.3. The maximum absolute atomic E-state index is 5.95. The minimum absolute atomic E-state index is 0.0403. The van der Waals surface area contributed by atoms with Crippen molar-refractivity contribution in [1.82, 2.24) is 4.98 Å². The first-order valence-electron chi connectivity index (χ1n) is 6.08. The van der Waals surface area contributed by atoms with E-state index in [1.807, 2.05) is 26.0 Å². The van der Waals surface area contributed by atoms with E-state index in [2.05, 4.69) is 11.9 Å². The van der Waals surface area contributed by atoms with Gasteiger partial charge in [-0.25, -0.2) is 0 Å². The second kappa shape index (κ2) is 3.68. The van der Waals surface area contributed by atoms with Crippen LogP contribution in [-0.2, 0) is 9.47 Å². The van der Waals surface area contributed by atoms with Crippen LogP contribution in [0.4, 0.5) is 0 Å². The van der Waals surface area contributed by atoms with Gasteiger partial charge in [0, 0.05) is 6.20 Å². The molecule has 0 saturated carbocycles. The average Bonchev–Trinajstić information content (AvgIpc) is 2.63. The first kappa shape index (κ1) is 11.0. The molecule has 92 valence electrons. The van der Waals surface area contributed by atoms with E-state index in [1.54, 1.807) is 6.20 Å². The number of pyridine rings is 1. The van der Waals surface area contributed by atoms with Crippen LogP contribution in [0.5, 0.6) is 5.75 Å². The quantitative estimate of drug-likeness (QED) is 0.749. The first-order chi connectivity index (χ1) is 8.11. The number of hydrogen-bond donors (Lipinski definition) is 0. The fourth-order valence-corrected chi connectivity index (χ4v) is 2.53. The lowest BCUT2D eigenvalue weighted by molar-refractivity contribution is -0.152. The summed E-state index contributed by atoms with van der Waals surface area (Å²) in [4.78, 5) is 4.37. The molecule has 0 amide bonds. The third kappa shape index (κ3) is 1.72. The standard InChI is InChI=1S/C13H17NO3/c1-4-8-11-12(17-13(2,3)16-11)10-9(15-8)6-5-7-14-10/h5-8,11-12H,4H2,1-3H3/t8-,11+,12-/m1/s1. The van der Waals surface area contributed by atoms with E-state index in [1.165, 1.54) is 0 Å². The van der Waals surface area contributed by atoms with Gasteiger partial charge in [-0.1, -0.05) is 6.92 Å². The average molecular weight is 235 g/mol. The molecule has 2 aliphatic heterocycles. The molecule has 3 rings (SSSR count). The Kier molecular flexibility index (Phi) is 2.38. The summed E-state index contributed by atoms with van der Waals surface area (Å²) in [6.07, 6.45) is 2.53. The van der Waals surface area contributed by atoms with Crippen LogP contribution in [0.1, 0.15) is 39.0 Å². The van der Waals surface area contributed by atoms with Gasteiger partial charge < -0.3 is 14.2 Å². The molecule has 0 aliphatic carbocycles. The Hall–Kier alpha value is -1.13. The van der Waals surface area contributed by atoms with Crippen molar-refractivity contribution in [2.45, 2.75) is 51.3 Å². The first-order valence-corrected chi connectivity index (χ1v) is 6.08. The number of fused-ring (bicyclic) bond motifs is 3. The van der Waals surface area contributed by atoms with Crippen LogP contribution >= 0.6 is 0 Å². The predicted octanol–water partition coefficient (Wildman–Crippen LogP) is 2.45. The summed E-state index contributed by atoms with van der Waals surface area (Å²) >= 11 is 0. The Morgan fingerprint density at radius 1 is 1.35 bits per heavy atom. The number of rotatable bonds is 1. The number of hydrogen-bond acceptors (Lipinski definition) is 4. The number of ether oxygens (including phenoxy) is 3. The molecule has 1 aromatic rings. The number of aromatic nitrogens is 1. The largest absolute Gasteiger partial charge is 0.486 e. The van der Waals surface area contributed by atoms with Gasteiger partial charge in [-0.15, -0.1) is 0 Å². The summed E-state index contributed by atoms with van der Waals surface area (Å²) < 4.78 is 17.8. The molecule has 0 unspecified atom stereocenters. The zero-order chi connectivity index (χ0) is 12.0. The Morgan fingerprint density at radius 2 is 2.18 bits per heavy atom. The lowest BCUT2D eigenvalue weighted by Crippen LogP contribution is -2.39. The highest BCUT2D eigenvalue weighted by Crippen LogP contribution is 2.46. The molecule has 2 aliphatic rings. The molecule has 0 radical (unpaired) electrons. The van der Waals surface area contributed by atoms with E-state index in [-0.39, 0.29) is 18.3 Å². The predicted molar refractivity (Wildman–Crippen MR) is 61.7 cm³/mol. The van der Waals surface area contributed by atoms with E-state index in [0.717, 1.165) is 17.9 Å². The Morgan fingerprint density at radius 3 is 2.94 bits per heavy atom. The lowest BCUT2D eigenvalue weighted by Gasteiger charge is -2.32. The Bertz CT molecular complexity index is 432.